The molecule has 0 unspecified atom stereocenters. The highest BCUT2D eigenvalue weighted by Gasteiger charge is 2.32. The molecule has 0 N–H and O–H groups in total. The first kappa shape index (κ1) is 20.1. The molecule has 3 aromatic rings. The number of aryl methyl sites for hydroxylation is 1. The zero-order chi connectivity index (χ0) is 21.5. The van der Waals surface area contributed by atoms with Crippen LogP contribution in [0.2, 0.25) is 0 Å². The summed E-state index contributed by atoms with van der Waals surface area (Å²) in [4.78, 5) is 21.2. The minimum absolute atomic E-state index is 0.168. The first-order valence-electron chi connectivity index (χ1n) is 9.52. The number of piperazine rings is 1. The SMILES string of the molecule is COc1ccccc1N1CCN(C(=O)c2c(C)nc3ccc(C(F)(F)F)cn23)CC1. The third kappa shape index (κ3) is 3.55. The van der Waals surface area contributed by atoms with Crippen molar-refractivity contribution in [3.63, 3.8) is 0 Å². The fourth-order valence-corrected chi connectivity index (χ4v) is 3.78. The maximum absolute atomic E-state index is 13.2. The largest absolute Gasteiger partial charge is 0.495 e. The average Bonchev–Trinajstić information content (AvgIpc) is 3.07. The molecule has 3 heterocycles. The second kappa shape index (κ2) is 7.55. The molecule has 1 aliphatic rings. The van der Waals surface area contributed by atoms with Crippen LogP contribution in [0.3, 0.4) is 0 Å². The number of rotatable bonds is 3. The van der Waals surface area contributed by atoms with Crippen molar-refractivity contribution in [1.29, 1.82) is 0 Å². The lowest BCUT2D eigenvalue weighted by Crippen LogP contribution is -2.49. The zero-order valence-electron chi connectivity index (χ0n) is 16.6. The average molecular weight is 418 g/mol. The van der Waals surface area contributed by atoms with Gasteiger partial charge in [-0.1, -0.05) is 12.1 Å². The van der Waals surface area contributed by atoms with Crippen LogP contribution in [0.4, 0.5) is 18.9 Å². The van der Waals surface area contributed by atoms with Gasteiger partial charge in [0.05, 0.1) is 24.1 Å². The molecule has 0 bridgehead atoms. The van der Waals surface area contributed by atoms with Crippen LogP contribution in [0.25, 0.3) is 5.65 Å². The van der Waals surface area contributed by atoms with Crippen molar-refractivity contribution in [2.75, 3.05) is 38.2 Å². The number of fused-ring (bicyclic) bond motifs is 1. The number of carbonyl (C=O) groups is 1. The van der Waals surface area contributed by atoms with Crippen molar-refractivity contribution in [3.8, 4) is 5.75 Å². The lowest BCUT2D eigenvalue weighted by molar-refractivity contribution is -0.137. The zero-order valence-corrected chi connectivity index (χ0v) is 16.6. The Morgan fingerprint density at radius 3 is 2.43 bits per heavy atom. The number of carbonyl (C=O) groups excluding carboxylic acids is 1. The maximum Gasteiger partial charge on any atom is 0.417 e. The summed E-state index contributed by atoms with van der Waals surface area (Å²) < 4.78 is 46.0. The molecular formula is C21H21F3N4O2. The fraction of sp³-hybridized carbons (Fsp3) is 0.333. The van der Waals surface area contributed by atoms with Crippen molar-refractivity contribution in [2.24, 2.45) is 0 Å². The monoisotopic (exact) mass is 418 g/mol. The number of ether oxygens (including phenoxy) is 1. The van der Waals surface area contributed by atoms with Crippen LogP contribution in [0.15, 0.2) is 42.6 Å². The van der Waals surface area contributed by atoms with Crippen LogP contribution in [0.5, 0.6) is 5.75 Å². The van der Waals surface area contributed by atoms with E-state index in [1.165, 1.54) is 10.5 Å². The van der Waals surface area contributed by atoms with E-state index in [1.54, 1.807) is 18.9 Å². The number of methoxy groups -OCH3 is 1. The van der Waals surface area contributed by atoms with Crippen LogP contribution in [-0.4, -0.2) is 53.5 Å². The number of aromatic nitrogens is 2. The molecule has 0 radical (unpaired) electrons. The van der Waals surface area contributed by atoms with Gasteiger partial charge < -0.3 is 14.5 Å². The number of benzene rings is 1. The van der Waals surface area contributed by atoms with E-state index in [-0.39, 0.29) is 11.6 Å². The van der Waals surface area contributed by atoms with Crippen LogP contribution >= 0.6 is 0 Å². The fourth-order valence-electron chi connectivity index (χ4n) is 3.78. The Morgan fingerprint density at radius 1 is 1.07 bits per heavy atom. The molecule has 1 aromatic carbocycles. The van der Waals surface area contributed by atoms with Crippen LogP contribution in [0.1, 0.15) is 21.7 Å². The normalized spacial score (nSPS) is 15.0. The van der Waals surface area contributed by atoms with E-state index in [9.17, 15) is 18.0 Å². The van der Waals surface area contributed by atoms with Gasteiger partial charge in [-0.15, -0.1) is 0 Å². The van der Waals surface area contributed by atoms with E-state index >= 15 is 0 Å². The van der Waals surface area contributed by atoms with Gasteiger partial charge in [0.15, 0.2) is 0 Å². The summed E-state index contributed by atoms with van der Waals surface area (Å²) in [6.07, 6.45) is -3.55. The molecule has 1 amide bonds. The highest BCUT2D eigenvalue weighted by atomic mass is 19.4. The summed E-state index contributed by atoms with van der Waals surface area (Å²) in [5, 5.41) is 0. The van der Waals surface area contributed by atoms with E-state index < -0.39 is 11.7 Å². The first-order valence-corrected chi connectivity index (χ1v) is 9.52. The molecule has 1 fully saturated rings. The topological polar surface area (TPSA) is 50.1 Å². The molecule has 6 nitrogen and oxygen atoms in total. The molecule has 0 aliphatic carbocycles. The molecule has 4 rings (SSSR count). The van der Waals surface area contributed by atoms with E-state index in [4.69, 9.17) is 4.74 Å². The Bertz CT molecular complexity index is 1090. The van der Waals surface area contributed by atoms with Gasteiger partial charge in [0.1, 0.15) is 17.1 Å². The summed E-state index contributed by atoms with van der Waals surface area (Å²) in [5.74, 6) is 0.439. The Morgan fingerprint density at radius 2 is 1.77 bits per heavy atom. The number of para-hydroxylation sites is 2. The van der Waals surface area contributed by atoms with Crippen molar-refractivity contribution < 1.29 is 22.7 Å². The minimum atomic E-state index is -4.49. The van der Waals surface area contributed by atoms with Gasteiger partial charge in [0.2, 0.25) is 0 Å². The Labute approximate surface area is 171 Å². The molecule has 30 heavy (non-hydrogen) atoms. The lowest BCUT2D eigenvalue weighted by Gasteiger charge is -2.36. The maximum atomic E-state index is 13.2. The summed E-state index contributed by atoms with van der Waals surface area (Å²) >= 11 is 0. The lowest BCUT2D eigenvalue weighted by atomic mass is 10.2. The minimum Gasteiger partial charge on any atom is -0.495 e. The predicted octanol–water partition coefficient (Wildman–Crippen LogP) is 3.63. The summed E-state index contributed by atoms with van der Waals surface area (Å²) in [6, 6.07) is 9.92. The molecule has 1 aliphatic heterocycles. The Kier molecular flexibility index (Phi) is 5.05. The number of pyridine rings is 1. The van der Waals surface area contributed by atoms with Crippen molar-refractivity contribution in [3.05, 3.63) is 59.5 Å². The van der Waals surface area contributed by atoms with Crippen LogP contribution in [0, 0.1) is 6.92 Å². The van der Waals surface area contributed by atoms with Crippen LogP contribution < -0.4 is 9.64 Å². The third-order valence-corrected chi connectivity index (χ3v) is 5.32. The number of hydrogen-bond acceptors (Lipinski definition) is 4. The van der Waals surface area contributed by atoms with Gasteiger partial charge in [0.25, 0.3) is 5.91 Å². The van der Waals surface area contributed by atoms with Gasteiger partial charge >= 0.3 is 6.18 Å². The van der Waals surface area contributed by atoms with Crippen molar-refractivity contribution in [1.82, 2.24) is 14.3 Å². The van der Waals surface area contributed by atoms with Gasteiger partial charge in [-0.2, -0.15) is 13.2 Å². The molecule has 9 heteroatoms. The van der Waals surface area contributed by atoms with E-state index in [1.807, 2.05) is 24.3 Å². The van der Waals surface area contributed by atoms with Crippen molar-refractivity contribution in [2.45, 2.75) is 13.1 Å². The quantitative estimate of drug-likeness (QED) is 0.652. The molecule has 0 spiro atoms. The molecular weight excluding hydrogens is 397 g/mol. The summed E-state index contributed by atoms with van der Waals surface area (Å²) in [5.41, 5.74) is 1.03. The standard InChI is InChI=1S/C21H21F3N4O2/c1-14-19(28-13-15(21(22,23)24)7-8-18(28)25-14)20(29)27-11-9-26(10-12-27)16-5-3-4-6-17(16)30-2/h3-8,13H,9-12H2,1-2H3. The third-order valence-electron chi connectivity index (χ3n) is 5.32. The van der Waals surface area contributed by atoms with Gasteiger partial charge in [0, 0.05) is 32.4 Å². The Hall–Kier alpha value is -3.23. The van der Waals surface area contributed by atoms with Gasteiger partial charge in [-0.25, -0.2) is 4.98 Å². The van der Waals surface area contributed by atoms with E-state index in [0.29, 0.717) is 37.5 Å². The van der Waals surface area contributed by atoms with Crippen LogP contribution in [-0.2, 0) is 6.18 Å². The number of anilines is 1. The molecule has 0 saturated carbocycles. The highest BCUT2D eigenvalue weighted by molar-refractivity contribution is 5.95. The number of amides is 1. The molecule has 158 valence electrons. The van der Waals surface area contributed by atoms with E-state index in [2.05, 4.69) is 9.88 Å². The number of nitrogens with zero attached hydrogens (tertiary/aromatic N) is 4. The number of imidazole rings is 1. The number of hydrogen-bond donors (Lipinski definition) is 0. The smallest absolute Gasteiger partial charge is 0.417 e. The molecule has 2 aromatic heterocycles. The summed E-state index contributed by atoms with van der Waals surface area (Å²) in [7, 11) is 1.61. The second-order valence-corrected chi connectivity index (χ2v) is 7.14. The van der Waals surface area contributed by atoms with E-state index in [0.717, 1.165) is 23.7 Å². The molecule has 0 atom stereocenters. The predicted molar refractivity (Wildman–Crippen MR) is 106 cm³/mol. The first-order chi connectivity index (χ1) is 14.3. The van der Waals surface area contributed by atoms with Gasteiger partial charge in [-0.3, -0.25) is 9.20 Å². The number of halogens is 3. The van der Waals surface area contributed by atoms with Gasteiger partial charge in [-0.05, 0) is 31.2 Å². The number of alkyl halides is 3. The Balaban J connectivity index is 1.57. The highest BCUT2D eigenvalue weighted by Crippen LogP contribution is 2.31. The summed E-state index contributed by atoms with van der Waals surface area (Å²) in [6.45, 7) is 3.72. The van der Waals surface area contributed by atoms with Crippen molar-refractivity contribution >= 4 is 17.2 Å². The second-order valence-electron chi connectivity index (χ2n) is 7.14. The molecule has 1 saturated heterocycles.